The van der Waals surface area contributed by atoms with E-state index in [0.29, 0.717) is 6.54 Å². The number of aliphatic imine (C=N–C) groups is 2. The molecule has 2 unspecified atom stereocenters. The van der Waals surface area contributed by atoms with E-state index in [2.05, 4.69) is 30.8 Å². The zero-order valence-electron chi connectivity index (χ0n) is 12.9. The van der Waals surface area contributed by atoms with Crippen LogP contribution in [0.1, 0.15) is 65.7 Å². The highest BCUT2D eigenvalue weighted by Gasteiger charge is 2.45. The molecule has 20 heavy (non-hydrogen) atoms. The molecule has 1 fully saturated rings. The molecule has 0 aromatic heterocycles. The first kappa shape index (κ1) is 16.8. The van der Waals surface area contributed by atoms with Crippen molar-refractivity contribution < 1.29 is 9.59 Å². The van der Waals surface area contributed by atoms with Crippen molar-refractivity contribution >= 4 is 12.2 Å². The van der Waals surface area contributed by atoms with Crippen molar-refractivity contribution in [2.24, 2.45) is 20.8 Å². The van der Waals surface area contributed by atoms with E-state index in [1.165, 1.54) is 0 Å². The maximum absolute atomic E-state index is 10.7. The molecule has 0 bridgehead atoms. The number of nitrogens with zero attached hydrogens (tertiary/aromatic N) is 2. The Hall–Kier alpha value is -1.24. The Labute approximate surface area is 121 Å². The van der Waals surface area contributed by atoms with E-state index >= 15 is 0 Å². The lowest BCUT2D eigenvalue weighted by atomic mass is 9.56. The van der Waals surface area contributed by atoms with E-state index in [1.54, 1.807) is 12.2 Å². The first-order chi connectivity index (χ1) is 9.59. The average Bonchev–Trinajstić information content (AvgIpc) is 2.47. The lowest BCUT2D eigenvalue weighted by Gasteiger charge is -2.49. The van der Waals surface area contributed by atoms with Crippen LogP contribution in [-0.4, -0.2) is 24.7 Å². The second-order valence-electron chi connectivity index (χ2n) is 6.24. The van der Waals surface area contributed by atoms with Crippen molar-refractivity contribution in [1.82, 2.24) is 0 Å². The normalized spacial score (nSPS) is 28.2. The van der Waals surface area contributed by atoms with Gasteiger partial charge in [0.1, 0.15) is 0 Å². The Kier molecular flexibility index (Phi) is 6.32. The van der Waals surface area contributed by atoms with Crippen LogP contribution in [0.4, 0.5) is 0 Å². The Morgan fingerprint density at radius 1 is 1.00 bits per heavy atom. The van der Waals surface area contributed by atoms with Crippen LogP contribution in [-0.2, 0) is 9.59 Å². The molecule has 2 atom stereocenters. The standard InChI is InChI=1S/C16H26N2O2/c1-4-15(5-2)9-14(18-13-20)10-16(6-3,11-15)7-8-17-12-19/h14H,4-11H2,1-3H3. The predicted octanol–water partition coefficient (Wildman–Crippen LogP) is 3.80. The number of hydrogen-bond acceptors (Lipinski definition) is 4. The minimum absolute atomic E-state index is 0.0707. The van der Waals surface area contributed by atoms with E-state index in [1.807, 2.05) is 0 Å². The summed E-state index contributed by atoms with van der Waals surface area (Å²) in [5.41, 5.74) is 0.389. The molecule has 1 aliphatic rings. The second kappa shape index (κ2) is 7.52. The highest BCUT2D eigenvalue weighted by Crippen LogP contribution is 2.54. The number of carbonyl (C=O) groups excluding carboxylic acids is 2. The van der Waals surface area contributed by atoms with Gasteiger partial charge in [-0.05, 0) is 36.5 Å². The van der Waals surface area contributed by atoms with Crippen molar-refractivity contribution in [2.45, 2.75) is 71.8 Å². The Balaban J connectivity index is 3.01. The largest absolute Gasteiger partial charge is 0.235 e. The summed E-state index contributed by atoms with van der Waals surface area (Å²) in [6, 6.07) is 0.0707. The van der Waals surface area contributed by atoms with Crippen molar-refractivity contribution in [1.29, 1.82) is 0 Å². The highest BCUT2D eigenvalue weighted by molar-refractivity contribution is 5.34. The lowest BCUT2D eigenvalue weighted by molar-refractivity contribution is 0.0293. The van der Waals surface area contributed by atoms with Gasteiger partial charge in [-0.15, -0.1) is 0 Å². The van der Waals surface area contributed by atoms with Crippen LogP contribution in [0.15, 0.2) is 9.98 Å². The number of isocyanates is 2. The molecule has 1 rings (SSSR count). The molecule has 0 amide bonds. The van der Waals surface area contributed by atoms with Gasteiger partial charge in [-0.1, -0.05) is 40.0 Å². The highest BCUT2D eigenvalue weighted by atomic mass is 16.1. The summed E-state index contributed by atoms with van der Waals surface area (Å²) < 4.78 is 0. The summed E-state index contributed by atoms with van der Waals surface area (Å²) in [5.74, 6) is 0. The van der Waals surface area contributed by atoms with Crippen molar-refractivity contribution in [3.8, 4) is 0 Å². The van der Waals surface area contributed by atoms with E-state index in [9.17, 15) is 9.59 Å². The van der Waals surface area contributed by atoms with Gasteiger partial charge in [-0.25, -0.2) is 19.6 Å². The van der Waals surface area contributed by atoms with Gasteiger partial charge < -0.3 is 0 Å². The van der Waals surface area contributed by atoms with Crippen LogP contribution in [0.3, 0.4) is 0 Å². The summed E-state index contributed by atoms with van der Waals surface area (Å²) in [5, 5.41) is 0. The van der Waals surface area contributed by atoms with Gasteiger partial charge in [-0.3, -0.25) is 0 Å². The topological polar surface area (TPSA) is 58.9 Å². The summed E-state index contributed by atoms with van der Waals surface area (Å²) >= 11 is 0. The van der Waals surface area contributed by atoms with Gasteiger partial charge >= 0.3 is 0 Å². The molecule has 0 spiro atoms. The number of hydrogen-bond donors (Lipinski definition) is 0. The van der Waals surface area contributed by atoms with Gasteiger partial charge in [0.05, 0.1) is 12.6 Å². The van der Waals surface area contributed by atoms with Crippen LogP contribution in [0.2, 0.25) is 0 Å². The maximum atomic E-state index is 10.7. The molecule has 112 valence electrons. The molecule has 0 aromatic rings. The molecule has 0 radical (unpaired) electrons. The maximum Gasteiger partial charge on any atom is 0.235 e. The third kappa shape index (κ3) is 3.88. The summed E-state index contributed by atoms with van der Waals surface area (Å²) in [6.45, 7) is 7.16. The average molecular weight is 278 g/mol. The van der Waals surface area contributed by atoms with Crippen LogP contribution in [0.5, 0.6) is 0 Å². The predicted molar refractivity (Wildman–Crippen MR) is 79.1 cm³/mol. The van der Waals surface area contributed by atoms with E-state index in [0.717, 1.165) is 44.9 Å². The van der Waals surface area contributed by atoms with Crippen LogP contribution in [0, 0.1) is 10.8 Å². The fraction of sp³-hybridized carbons (Fsp3) is 0.875. The van der Waals surface area contributed by atoms with Crippen LogP contribution >= 0.6 is 0 Å². The zero-order chi connectivity index (χ0) is 15.1. The minimum atomic E-state index is 0.0707. The molecule has 0 aliphatic heterocycles. The van der Waals surface area contributed by atoms with Gasteiger partial charge in [0.15, 0.2) is 0 Å². The Morgan fingerprint density at radius 2 is 1.60 bits per heavy atom. The molecule has 1 saturated carbocycles. The molecule has 0 saturated heterocycles. The quantitative estimate of drug-likeness (QED) is 0.525. The smallest absolute Gasteiger partial charge is 0.211 e. The van der Waals surface area contributed by atoms with E-state index in [4.69, 9.17) is 0 Å². The van der Waals surface area contributed by atoms with Gasteiger partial charge in [0.2, 0.25) is 12.2 Å². The first-order valence-electron chi connectivity index (χ1n) is 7.70. The van der Waals surface area contributed by atoms with Crippen molar-refractivity contribution in [3.05, 3.63) is 0 Å². The molecule has 0 N–H and O–H groups in total. The molecular formula is C16H26N2O2. The summed E-state index contributed by atoms with van der Waals surface area (Å²) in [6.07, 6.45) is 10.5. The molecule has 4 nitrogen and oxygen atoms in total. The summed E-state index contributed by atoms with van der Waals surface area (Å²) in [4.78, 5) is 28.7. The third-order valence-electron chi connectivity index (χ3n) is 5.39. The second-order valence-corrected chi connectivity index (χ2v) is 6.24. The zero-order valence-corrected chi connectivity index (χ0v) is 12.9. The van der Waals surface area contributed by atoms with Gasteiger partial charge in [0.25, 0.3) is 0 Å². The fourth-order valence-corrected chi connectivity index (χ4v) is 3.94. The van der Waals surface area contributed by atoms with E-state index < -0.39 is 0 Å². The lowest BCUT2D eigenvalue weighted by Crippen LogP contribution is -2.42. The molecular weight excluding hydrogens is 252 g/mol. The molecule has 1 aliphatic carbocycles. The molecule has 0 aromatic carbocycles. The van der Waals surface area contributed by atoms with Gasteiger partial charge in [0, 0.05) is 0 Å². The molecule has 0 heterocycles. The van der Waals surface area contributed by atoms with Gasteiger partial charge in [-0.2, -0.15) is 0 Å². The number of rotatable bonds is 7. The van der Waals surface area contributed by atoms with E-state index in [-0.39, 0.29) is 16.9 Å². The van der Waals surface area contributed by atoms with Crippen LogP contribution in [0.25, 0.3) is 0 Å². The molecule has 4 heteroatoms. The van der Waals surface area contributed by atoms with Crippen LogP contribution < -0.4 is 0 Å². The Bertz CT molecular complexity index is 405. The van der Waals surface area contributed by atoms with Crippen molar-refractivity contribution in [3.63, 3.8) is 0 Å². The monoisotopic (exact) mass is 278 g/mol. The SMILES string of the molecule is CCC1(CC)CC(N=C=O)CC(CC)(CCN=C=O)C1. The fourth-order valence-electron chi connectivity index (χ4n) is 3.94. The minimum Gasteiger partial charge on any atom is -0.211 e. The summed E-state index contributed by atoms with van der Waals surface area (Å²) in [7, 11) is 0. The third-order valence-corrected chi connectivity index (χ3v) is 5.39. The first-order valence-corrected chi connectivity index (χ1v) is 7.70. The van der Waals surface area contributed by atoms with Crippen molar-refractivity contribution in [2.75, 3.05) is 6.54 Å². The Morgan fingerprint density at radius 3 is 2.10 bits per heavy atom.